The predicted molar refractivity (Wildman–Crippen MR) is 150 cm³/mol. The van der Waals surface area contributed by atoms with Gasteiger partial charge in [0.05, 0.1) is 45.9 Å². The molecule has 19 nitrogen and oxygen atoms in total. The molecule has 0 spiro atoms. The number of aliphatic hydroxyl groups is 1. The Kier molecular flexibility index (Phi) is 9.58. The molecule has 2 aromatic heterocycles. The van der Waals surface area contributed by atoms with Gasteiger partial charge in [-0.2, -0.15) is 15.1 Å². The Morgan fingerprint density at radius 2 is 2.07 bits per heavy atom. The van der Waals surface area contributed by atoms with Crippen LogP contribution < -0.4 is 20.1 Å². The maximum atomic E-state index is 13.9. The Bertz CT molecular complexity index is 1650. The van der Waals surface area contributed by atoms with Crippen LogP contribution in [-0.2, 0) is 28.1 Å². The van der Waals surface area contributed by atoms with E-state index in [0.717, 1.165) is 7.11 Å². The van der Waals surface area contributed by atoms with Crippen LogP contribution in [0.1, 0.15) is 30.4 Å². The van der Waals surface area contributed by atoms with E-state index in [1.54, 1.807) is 0 Å². The molecule has 20 heteroatoms. The Balaban J connectivity index is 1.65. The van der Waals surface area contributed by atoms with Gasteiger partial charge in [0, 0.05) is 4.91 Å². The summed E-state index contributed by atoms with van der Waals surface area (Å²) >= 11 is 0. The van der Waals surface area contributed by atoms with Crippen molar-refractivity contribution in [3.8, 4) is 11.6 Å². The number of aromatic nitrogens is 4. The molecule has 0 amide bonds. The molecule has 1 aliphatic heterocycles. The molecule has 236 valence electrons. The van der Waals surface area contributed by atoms with Crippen molar-refractivity contribution in [1.29, 1.82) is 0 Å². The van der Waals surface area contributed by atoms with E-state index < -0.39 is 56.3 Å². The van der Waals surface area contributed by atoms with Crippen LogP contribution in [0.3, 0.4) is 0 Å². The third-order valence-corrected chi connectivity index (χ3v) is 8.31. The largest absolute Gasteiger partial charge is 0.479 e. The molecule has 0 radical (unpaired) electrons. The lowest BCUT2D eigenvalue weighted by atomic mass is 9.93. The molecule has 4 N–H and O–H groups in total. The van der Waals surface area contributed by atoms with Crippen molar-refractivity contribution in [3.63, 3.8) is 0 Å². The lowest BCUT2D eigenvalue weighted by Crippen LogP contribution is -2.43. The number of fused-ring (bicyclic) bond motifs is 1. The number of methoxy groups -OCH3 is 3. The maximum absolute atomic E-state index is 13.9. The number of nitrogens with zero attached hydrogens (tertiary/aromatic N) is 7. The van der Waals surface area contributed by atoms with Crippen LogP contribution in [0.5, 0.6) is 11.6 Å². The number of nitrogens with one attached hydrogen (secondary N) is 1. The zero-order valence-electron chi connectivity index (χ0n) is 24.2. The average Bonchev–Trinajstić information content (AvgIpc) is 3.52. The zero-order chi connectivity index (χ0) is 32.2. The molecule has 0 saturated carbocycles. The molecule has 0 aliphatic carbocycles. The molecule has 0 bridgehead atoms. The maximum Gasteiger partial charge on any atom is 0.459 e. The van der Waals surface area contributed by atoms with Crippen LogP contribution in [0.25, 0.3) is 21.6 Å². The van der Waals surface area contributed by atoms with Crippen molar-refractivity contribution in [2.24, 2.45) is 5.11 Å². The molecular formula is C24H30N9O10P. The molecular weight excluding hydrogens is 605 g/mol. The number of esters is 2. The van der Waals surface area contributed by atoms with E-state index in [4.69, 9.17) is 33.7 Å². The number of nitrogen functional groups attached to an aromatic ring is 1. The summed E-state index contributed by atoms with van der Waals surface area (Å²) in [6, 6.07) is 4.38. The molecule has 3 aromatic rings. The van der Waals surface area contributed by atoms with Crippen molar-refractivity contribution in [2.75, 3.05) is 33.7 Å². The lowest BCUT2D eigenvalue weighted by Gasteiger charge is -2.28. The number of anilines is 1. The van der Waals surface area contributed by atoms with Gasteiger partial charge < -0.3 is 34.3 Å². The van der Waals surface area contributed by atoms with Crippen LogP contribution in [0.15, 0.2) is 35.7 Å². The molecule has 1 aromatic carbocycles. The second kappa shape index (κ2) is 13.0. The van der Waals surface area contributed by atoms with E-state index in [1.165, 1.54) is 63.2 Å². The summed E-state index contributed by atoms with van der Waals surface area (Å²) in [6.45, 7) is 2.19. The van der Waals surface area contributed by atoms with Gasteiger partial charge in [-0.15, -0.1) is 0 Å². The third-order valence-electron chi connectivity index (χ3n) is 6.66. The van der Waals surface area contributed by atoms with Crippen molar-refractivity contribution in [1.82, 2.24) is 24.6 Å². The Hall–Kier alpha value is -4.51. The van der Waals surface area contributed by atoms with Crippen LogP contribution in [0.4, 0.5) is 5.95 Å². The SMILES string of the molecule is COC(=O)c1cccc(OP(=O)(N[C@@H](C)C(=O)OC)OC[C@H]2O[C@@H](n3cnc4c(OC)nc(N)nc43)[C@](C)(N=[N+]=[N-])[C@@H]2O)c1. The number of hydrogen-bond acceptors (Lipinski definition) is 15. The first kappa shape index (κ1) is 32.4. The van der Waals surface area contributed by atoms with Gasteiger partial charge in [0.2, 0.25) is 11.8 Å². The van der Waals surface area contributed by atoms with Gasteiger partial charge in [-0.05, 0) is 37.6 Å². The van der Waals surface area contributed by atoms with Gasteiger partial charge in [0.1, 0.15) is 23.4 Å². The number of aliphatic hydroxyl groups excluding tert-OH is 1. The van der Waals surface area contributed by atoms with Gasteiger partial charge in [0.15, 0.2) is 17.4 Å². The quantitative estimate of drug-likeness (QED) is 0.0844. The summed E-state index contributed by atoms with van der Waals surface area (Å²) in [7, 11) is -0.764. The van der Waals surface area contributed by atoms with E-state index >= 15 is 0 Å². The van der Waals surface area contributed by atoms with Gasteiger partial charge in [-0.25, -0.2) is 14.3 Å². The standard InChI is InChI=1S/C24H30N9O10P/c1-12(20(35)39-4)30-44(37,43-14-8-6-7-13(9-14)21(36)40-5)41-10-15-17(34)24(2,31-32-26)22(42-15)33-11-27-16-18(33)28-23(25)29-19(16)38-3/h6-9,11-12,15,17,22,34H,10H2,1-5H3,(H,30,37)(H2,25,28,29)/t12-,15+,17+,22+,24+,44?/m0/s1. The van der Waals surface area contributed by atoms with E-state index in [-0.39, 0.29) is 34.3 Å². The van der Waals surface area contributed by atoms with Crippen molar-refractivity contribution in [2.45, 2.75) is 43.9 Å². The van der Waals surface area contributed by atoms with Crippen LogP contribution >= 0.6 is 7.75 Å². The van der Waals surface area contributed by atoms with Crippen LogP contribution in [0, 0.1) is 0 Å². The smallest absolute Gasteiger partial charge is 0.459 e. The summed E-state index contributed by atoms with van der Waals surface area (Å²) < 4.78 is 47.3. The lowest BCUT2D eigenvalue weighted by molar-refractivity contribution is -0.142. The molecule has 6 atom stereocenters. The summed E-state index contributed by atoms with van der Waals surface area (Å²) in [6.07, 6.45) is -2.71. The number of nitrogens with two attached hydrogens (primary N) is 1. The Morgan fingerprint density at radius 3 is 2.73 bits per heavy atom. The summed E-state index contributed by atoms with van der Waals surface area (Å²) in [4.78, 5) is 39.4. The minimum absolute atomic E-state index is 0.0680. The van der Waals surface area contributed by atoms with Gasteiger partial charge in [-0.1, -0.05) is 11.2 Å². The molecule has 4 rings (SSSR count). The number of hydrogen-bond donors (Lipinski definition) is 3. The number of carbonyl (C=O) groups excluding carboxylic acids is 2. The number of benzene rings is 1. The van der Waals surface area contributed by atoms with Gasteiger partial charge in [0.25, 0.3) is 0 Å². The van der Waals surface area contributed by atoms with E-state index in [2.05, 4.69) is 30.1 Å². The third kappa shape index (κ3) is 6.37. The topological polar surface area (TPSA) is 257 Å². The highest BCUT2D eigenvalue weighted by Crippen LogP contribution is 2.48. The zero-order valence-corrected chi connectivity index (χ0v) is 25.1. The molecule has 1 aliphatic rings. The Labute approximate surface area is 249 Å². The van der Waals surface area contributed by atoms with Crippen LogP contribution in [-0.4, -0.2) is 88.3 Å². The predicted octanol–water partition coefficient (Wildman–Crippen LogP) is 1.89. The fraction of sp³-hybridized carbons (Fsp3) is 0.458. The fourth-order valence-corrected chi connectivity index (χ4v) is 5.96. The number of imidazole rings is 1. The molecule has 44 heavy (non-hydrogen) atoms. The summed E-state index contributed by atoms with van der Waals surface area (Å²) in [5, 5.41) is 17.6. The number of rotatable bonds is 12. The summed E-state index contributed by atoms with van der Waals surface area (Å²) in [5.41, 5.74) is 14.0. The fourth-order valence-electron chi connectivity index (χ4n) is 4.47. The molecule has 1 saturated heterocycles. The van der Waals surface area contributed by atoms with Crippen molar-refractivity contribution < 1.29 is 47.3 Å². The van der Waals surface area contributed by atoms with Crippen LogP contribution in [0.2, 0.25) is 0 Å². The number of azide groups is 1. The minimum Gasteiger partial charge on any atom is -0.479 e. The van der Waals surface area contributed by atoms with Gasteiger partial charge >= 0.3 is 19.7 Å². The van der Waals surface area contributed by atoms with Gasteiger partial charge in [-0.3, -0.25) is 13.9 Å². The second-order valence-electron chi connectivity index (χ2n) is 9.58. The Morgan fingerprint density at radius 1 is 1.32 bits per heavy atom. The first-order chi connectivity index (χ1) is 20.9. The summed E-state index contributed by atoms with van der Waals surface area (Å²) in [5.74, 6) is -1.58. The van der Waals surface area contributed by atoms with E-state index in [9.17, 15) is 24.8 Å². The highest BCUT2D eigenvalue weighted by molar-refractivity contribution is 7.52. The van der Waals surface area contributed by atoms with E-state index in [1.807, 2.05) is 0 Å². The second-order valence-corrected chi connectivity index (χ2v) is 11.3. The molecule has 1 unspecified atom stereocenters. The molecule has 1 fully saturated rings. The number of ether oxygens (including phenoxy) is 4. The average molecular weight is 636 g/mol. The first-order valence-electron chi connectivity index (χ1n) is 12.8. The normalized spacial score (nSPS) is 23.3. The van der Waals surface area contributed by atoms with Crippen molar-refractivity contribution in [3.05, 3.63) is 46.6 Å². The van der Waals surface area contributed by atoms with Crippen molar-refractivity contribution >= 4 is 36.8 Å². The van der Waals surface area contributed by atoms with E-state index in [0.29, 0.717) is 0 Å². The first-order valence-corrected chi connectivity index (χ1v) is 14.4. The monoisotopic (exact) mass is 635 g/mol. The number of carbonyl (C=O) groups is 2. The highest BCUT2D eigenvalue weighted by atomic mass is 31.2. The molecule has 3 heterocycles. The highest BCUT2D eigenvalue weighted by Gasteiger charge is 2.55. The minimum atomic E-state index is -4.47.